The number of carbonyl (C=O) groups excluding carboxylic acids is 1. The highest BCUT2D eigenvalue weighted by Crippen LogP contribution is 2.23. The summed E-state index contributed by atoms with van der Waals surface area (Å²) in [7, 11) is -3.56. The van der Waals surface area contributed by atoms with Crippen molar-refractivity contribution in [1.29, 1.82) is 0 Å². The van der Waals surface area contributed by atoms with Gasteiger partial charge in [0.25, 0.3) is 0 Å². The zero-order chi connectivity index (χ0) is 17.3. The van der Waals surface area contributed by atoms with Crippen LogP contribution in [0.1, 0.15) is 6.92 Å². The number of benzene rings is 1. The molecule has 0 bridgehead atoms. The lowest BCUT2D eigenvalue weighted by Gasteiger charge is -2.38. The Morgan fingerprint density at radius 1 is 1.25 bits per heavy atom. The van der Waals surface area contributed by atoms with Gasteiger partial charge in [0.15, 0.2) is 0 Å². The maximum absolute atomic E-state index is 12.7. The molecule has 132 valence electrons. The lowest BCUT2D eigenvalue weighted by atomic mass is 9.88. The smallest absolute Gasteiger partial charge is 0.243 e. The van der Waals surface area contributed by atoms with Crippen LogP contribution in [0.25, 0.3) is 0 Å². The third-order valence-electron chi connectivity index (χ3n) is 4.89. The summed E-state index contributed by atoms with van der Waals surface area (Å²) in [6.07, 6.45) is 0. The number of piperazine rings is 1. The van der Waals surface area contributed by atoms with Gasteiger partial charge in [0.2, 0.25) is 15.9 Å². The van der Waals surface area contributed by atoms with E-state index in [0.717, 1.165) is 13.1 Å². The molecule has 2 aliphatic heterocycles. The molecule has 2 aliphatic rings. The maximum atomic E-state index is 12.7. The summed E-state index contributed by atoms with van der Waals surface area (Å²) in [5.74, 6) is 0.509. The van der Waals surface area contributed by atoms with Crippen molar-refractivity contribution in [3.05, 3.63) is 29.3 Å². The van der Waals surface area contributed by atoms with E-state index in [2.05, 4.69) is 5.32 Å². The summed E-state index contributed by atoms with van der Waals surface area (Å²) >= 11 is 5.90. The van der Waals surface area contributed by atoms with Crippen molar-refractivity contribution in [3.8, 4) is 0 Å². The predicted octanol–water partition coefficient (Wildman–Crippen LogP) is 1.03. The highest BCUT2D eigenvalue weighted by atomic mass is 35.5. The van der Waals surface area contributed by atoms with Gasteiger partial charge in [0, 0.05) is 37.1 Å². The van der Waals surface area contributed by atoms with Crippen LogP contribution in [0, 0.1) is 11.8 Å². The Balaban J connectivity index is 1.63. The SMILES string of the molecule is CC(C(=O)N1CCN(S(=O)(=O)c2cccc(Cl)c2)CC1)C1CNC1. The van der Waals surface area contributed by atoms with E-state index in [1.54, 1.807) is 23.1 Å². The fourth-order valence-corrected chi connectivity index (χ4v) is 4.80. The van der Waals surface area contributed by atoms with E-state index in [0.29, 0.717) is 37.1 Å². The molecule has 2 heterocycles. The van der Waals surface area contributed by atoms with E-state index in [-0.39, 0.29) is 16.7 Å². The molecular formula is C16H22ClN3O3S. The zero-order valence-electron chi connectivity index (χ0n) is 13.6. The number of sulfonamides is 1. The van der Waals surface area contributed by atoms with Crippen molar-refractivity contribution in [1.82, 2.24) is 14.5 Å². The summed E-state index contributed by atoms with van der Waals surface area (Å²) < 4.78 is 26.8. The Morgan fingerprint density at radius 2 is 1.92 bits per heavy atom. The van der Waals surface area contributed by atoms with Crippen molar-refractivity contribution in [2.24, 2.45) is 11.8 Å². The topological polar surface area (TPSA) is 69.7 Å². The minimum atomic E-state index is -3.56. The molecule has 1 unspecified atom stereocenters. The molecule has 8 heteroatoms. The fraction of sp³-hybridized carbons (Fsp3) is 0.562. The summed E-state index contributed by atoms with van der Waals surface area (Å²) in [4.78, 5) is 14.5. The number of hydrogen-bond acceptors (Lipinski definition) is 4. The minimum absolute atomic E-state index is 0.0117. The Kier molecular flexibility index (Phi) is 5.15. The number of amides is 1. The maximum Gasteiger partial charge on any atom is 0.243 e. The van der Waals surface area contributed by atoms with Gasteiger partial charge in [0.05, 0.1) is 4.90 Å². The zero-order valence-corrected chi connectivity index (χ0v) is 15.2. The van der Waals surface area contributed by atoms with Gasteiger partial charge in [-0.1, -0.05) is 24.6 Å². The van der Waals surface area contributed by atoms with Crippen LogP contribution in [-0.2, 0) is 14.8 Å². The van der Waals surface area contributed by atoms with Crippen molar-refractivity contribution < 1.29 is 13.2 Å². The molecule has 2 fully saturated rings. The van der Waals surface area contributed by atoms with Gasteiger partial charge in [-0.15, -0.1) is 0 Å². The third-order valence-corrected chi connectivity index (χ3v) is 7.02. The minimum Gasteiger partial charge on any atom is -0.340 e. The van der Waals surface area contributed by atoms with Gasteiger partial charge < -0.3 is 10.2 Å². The average molecular weight is 372 g/mol. The predicted molar refractivity (Wildman–Crippen MR) is 92.3 cm³/mol. The molecule has 0 radical (unpaired) electrons. The van der Waals surface area contributed by atoms with Crippen LogP contribution in [0.4, 0.5) is 0 Å². The molecule has 0 aliphatic carbocycles. The molecule has 1 N–H and O–H groups in total. The first-order valence-electron chi connectivity index (χ1n) is 8.15. The van der Waals surface area contributed by atoms with Crippen molar-refractivity contribution in [3.63, 3.8) is 0 Å². The largest absolute Gasteiger partial charge is 0.340 e. The van der Waals surface area contributed by atoms with Crippen LogP contribution >= 0.6 is 11.6 Å². The summed E-state index contributed by atoms with van der Waals surface area (Å²) in [5.41, 5.74) is 0. The number of carbonyl (C=O) groups is 1. The second-order valence-electron chi connectivity index (χ2n) is 6.39. The molecule has 0 aromatic heterocycles. The van der Waals surface area contributed by atoms with Gasteiger partial charge in [-0.2, -0.15) is 4.31 Å². The second-order valence-corrected chi connectivity index (χ2v) is 8.77. The normalized spacial score (nSPS) is 21.3. The second kappa shape index (κ2) is 7.00. The van der Waals surface area contributed by atoms with Crippen molar-refractivity contribution >= 4 is 27.5 Å². The van der Waals surface area contributed by atoms with Gasteiger partial charge in [-0.3, -0.25) is 4.79 Å². The average Bonchev–Trinajstić information content (AvgIpc) is 2.52. The van der Waals surface area contributed by atoms with Crippen molar-refractivity contribution in [2.45, 2.75) is 11.8 Å². The summed E-state index contributed by atoms with van der Waals surface area (Å²) in [6, 6.07) is 6.28. The molecule has 1 aromatic carbocycles. The van der Waals surface area contributed by atoms with Crippen LogP contribution in [-0.4, -0.2) is 62.8 Å². The first kappa shape index (κ1) is 17.7. The molecule has 3 rings (SSSR count). The van der Waals surface area contributed by atoms with E-state index >= 15 is 0 Å². The van der Waals surface area contributed by atoms with E-state index in [1.807, 2.05) is 6.92 Å². The van der Waals surface area contributed by atoms with Gasteiger partial charge in [0.1, 0.15) is 0 Å². The third kappa shape index (κ3) is 3.44. The highest BCUT2D eigenvalue weighted by molar-refractivity contribution is 7.89. The quantitative estimate of drug-likeness (QED) is 0.858. The Bertz CT molecular complexity index is 713. The molecule has 1 amide bonds. The van der Waals surface area contributed by atoms with E-state index in [1.165, 1.54) is 10.4 Å². The molecule has 0 saturated carbocycles. The Morgan fingerprint density at radius 3 is 2.46 bits per heavy atom. The lowest BCUT2D eigenvalue weighted by molar-refractivity contribution is -0.138. The first-order chi connectivity index (χ1) is 11.4. The van der Waals surface area contributed by atoms with E-state index in [9.17, 15) is 13.2 Å². The van der Waals surface area contributed by atoms with Crippen LogP contribution < -0.4 is 5.32 Å². The molecule has 24 heavy (non-hydrogen) atoms. The number of hydrogen-bond donors (Lipinski definition) is 1. The number of nitrogens with one attached hydrogen (secondary N) is 1. The Hall–Kier alpha value is -1.15. The highest BCUT2D eigenvalue weighted by Gasteiger charge is 2.35. The van der Waals surface area contributed by atoms with Crippen LogP contribution in [0.3, 0.4) is 0 Å². The fourth-order valence-electron chi connectivity index (χ4n) is 3.08. The van der Waals surface area contributed by atoms with E-state index in [4.69, 9.17) is 11.6 Å². The van der Waals surface area contributed by atoms with Crippen molar-refractivity contribution in [2.75, 3.05) is 39.3 Å². The molecule has 1 atom stereocenters. The number of halogens is 1. The first-order valence-corrected chi connectivity index (χ1v) is 9.96. The van der Waals surface area contributed by atoms with Crippen LogP contribution in [0.15, 0.2) is 29.2 Å². The van der Waals surface area contributed by atoms with Crippen LogP contribution in [0.2, 0.25) is 5.02 Å². The lowest BCUT2D eigenvalue weighted by Crippen LogP contribution is -2.55. The number of nitrogens with zero attached hydrogens (tertiary/aromatic N) is 2. The van der Waals surface area contributed by atoms with Crippen LogP contribution in [0.5, 0.6) is 0 Å². The molecule has 1 aromatic rings. The number of rotatable bonds is 4. The molecule has 2 saturated heterocycles. The summed E-state index contributed by atoms with van der Waals surface area (Å²) in [6.45, 7) is 5.23. The monoisotopic (exact) mass is 371 g/mol. The molecule has 6 nitrogen and oxygen atoms in total. The van der Waals surface area contributed by atoms with Gasteiger partial charge >= 0.3 is 0 Å². The molecule has 0 spiro atoms. The molecular weight excluding hydrogens is 350 g/mol. The Labute approximate surface area is 147 Å². The van der Waals surface area contributed by atoms with E-state index < -0.39 is 10.0 Å². The standard InChI is InChI=1S/C16H22ClN3O3S/c1-12(13-10-18-11-13)16(21)19-5-7-20(8-6-19)24(22,23)15-4-2-3-14(17)9-15/h2-4,9,12-13,18H,5-8,10-11H2,1H3. The van der Waals surface area contributed by atoms with Gasteiger partial charge in [-0.25, -0.2) is 8.42 Å². The summed E-state index contributed by atoms with van der Waals surface area (Å²) in [5, 5.41) is 3.58. The van der Waals surface area contributed by atoms with Gasteiger partial charge in [-0.05, 0) is 37.2 Å².